The van der Waals surface area contributed by atoms with Gasteiger partial charge in [-0.2, -0.15) is 0 Å². The van der Waals surface area contributed by atoms with Crippen LogP contribution in [0, 0.1) is 0 Å². The van der Waals surface area contributed by atoms with Gasteiger partial charge in [-0.3, -0.25) is 0 Å². The van der Waals surface area contributed by atoms with E-state index in [1.807, 2.05) is 12.5 Å². The zero-order chi connectivity index (χ0) is 10.8. The highest BCUT2D eigenvalue weighted by Crippen LogP contribution is 2.29. The van der Waals surface area contributed by atoms with E-state index in [9.17, 15) is 0 Å². The van der Waals surface area contributed by atoms with Crippen molar-refractivity contribution in [1.29, 1.82) is 0 Å². The van der Waals surface area contributed by atoms with Crippen LogP contribution in [0.2, 0.25) is 0 Å². The molecule has 0 bridgehead atoms. The Bertz CT molecular complexity index is 338. The molecule has 1 N–H and O–H groups in total. The first-order chi connectivity index (χ1) is 7.95. The van der Waals surface area contributed by atoms with Crippen LogP contribution in [0.3, 0.4) is 0 Å². The van der Waals surface area contributed by atoms with Gasteiger partial charge in [-0.1, -0.05) is 0 Å². The van der Waals surface area contributed by atoms with E-state index in [4.69, 9.17) is 4.74 Å². The van der Waals surface area contributed by atoms with Crippen molar-refractivity contribution in [1.82, 2.24) is 14.9 Å². The molecule has 3 heterocycles. The Morgan fingerprint density at radius 1 is 1.31 bits per heavy atom. The van der Waals surface area contributed by atoms with Gasteiger partial charge in [0, 0.05) is 24.4 Å². The van der Waals surface area contributed by atoms with Gasteiger partial charge in [0.2, 0.25) is 0 Å². The number of hydrogen-bond acceptors (Lipinski definition) is 3. The van der Waals surface area contributed by atoms with Gasteiger partial charge in [-0.15, -0.1) is 0 Å². The first-order valence-electron chi connectivity index (χ1n) is 6.25. The fourth-order valence-electron chi connectivity index (χ4n) is 2.80. The van der Waals surface area contributed by atoms with E-state index < -0.39 is 0 Å². The number of rotatable bonds is 2. The zero-order valence-corrected chi connectivity index (χ0v) is 9.56. The van der Waals surface area contributed by atoms with Gasteiger partial charge < -0.3 is 14.6 Å². The largest absolute Gasteiger partial charge is 0.379 e. The summed E-state index contributed by atoms with van der Waals surface area (Å²) in [5, 5.41) is 3.41. The van der Waals surface area contributed by atoms with E-state index in [2.05, 4.69) is 14.9 Å². The average molecular weight is 221 g/mol. The van der Waals surface area contributed by atoms with E-state index >= 15 is 0 Å². The van der Waals surface area contributed by atoms with Crippen molar-refractivity contribution < 1.29 is 4.74 Å². The van der Waals surface area contributed by atoms with Crippen molar-refractivity contribution in [2.45, 2.75) is 31.2 Å². The maximum atomic E-state index is 5.46. The molecule has 2 saturated heterocycles. The molecule has 4 nitrogen and oxygen atoms in total. The maximum Gasteiger partial charge on any atom is 0.0951 e. The van der Waals surface area contributed by atoms with Crippen LogP contribution in [0.5, 0.6) is 0 Å². The van der Waals surface area contributed by atoms with E-state index in [1.165, 1.54) is 18.5 Å². The number of hydrogen-bond donors (Lipinski definition) is 1. The number of piperidine rings is 1. The highest BCUT2D eigenvalue weighted by Gasteiger charge is 2.24. The molecule has 0 radical (unpaired) electrons. The second kappa shape index (κ2) is 4.55. The molecule has 2 fully saturated rings. The quantitative estimate of drug-likeness (QED) is 0.818. The predicted octanol–water partition coefficient (Wildman–Crippen LogP) is 1.31. The molecule has 1 aromatic rings. The van der Waals surface area contributed by atoms with Gasteiger partial charge in [0.25, 0.3) is 0 Å². The first kappa shape index (κ1) is 10.3. The standard InChI is InChI=1S/C12H19N3O/c1-4-13-5-2-10(1)12-7-14-9-15(12)11-3-6-16-8-11/h7,9-11,13H,1-6,8H2. The average Bonchev–Trinajstić information content (AvgIpc) is 3.01. The number of nitrogens with one attached hydrogen (secondary N) is 1. The summed E-state index contributed by atoms with van der Waals surface area (Å²) in [6.45, 7) is 4.02. The molecule has 0 aromatic carbocycles. The Labute approximate surface area is 96.0 Å². The molecular weight excluding hydrogens is 202 g/mol. The summed E-state index contributed by atoms with van der Waals surface area (Å²) in [5.41, 5.74) is 1.41. The third-order valence-electron chi connectivity index (χ3n) is 3.75. The van der Waals surface area contributed by atoms with Crippen molar-refractivity contribution in [2.24, 2.45) is 0 Å². The molecule has 1 atom stereocenters. The SMILES string of the molecule is c1ncn(C2CCOC2)c1C1CCNCC1. The number of imidazole rings is 1. The van der Waals surface area contributed by atoms with Gasteiger partial charge in [0.15, 0.2) is 0 Å². The Hall–Kier alpha value is -0.870. The minimum absolute atomic E-state index is 0.521. The molecule has 2 aliphatic rings. The number of nitrogens with zero attached hydrogens (tertiary/aromatic N) is 2. The lowest BCUT2D eigenvalue weighted by atomic mass is 9.94. The van der Waals surface area contributed by atoms with Crippen LogP contribution in [-0.4, -0.2) is 35.9 Å². The molecule has 2 aliphatic heterocycles. The summed E-state index contributed by atoms with van der Waals surface area (Å²) in [7, 11) is 0. The molecule has 4 heteroatoms. The van der Waals surface area contributed by atoms with Gasteiger partial charge in [-0.05, 0) is 32.4 Å². The van der Waals surface area contributed by atoms with Crippen molar-refractivity contribution >= 4 is 0 Å². The first-order valence-corrected chi connectivity index (χ1v) is 6.25. The van der Waals surface area contributed by atoms with Crippen LogP contribution in [0.15, 0.2) is 12.5 Å². The van der Waals surface area contributed by atoms with Crippen LogP contribution in [0.4, 0.5) is 0 Å². The summed E-state index contributed by atoms with van der Waals surface area (Å²) < 4.78 is 7.81. The zero-order valence-electron chi connectivity index (χ0n) is 9.56. The van der Waals surface area contributed by atoms with Crippen LogP contribution in [0.1, 0.15) is 36.9 Å². The fourth-order valence-corrected chi connectivity index (χ4v) is 2.80. The van der Waals surface area contributed by atoms with Crippen molar-refractivity contribution in [3.8, 4) is 0 Å². The van der Waals surface area contributed by atoms with Gasteiger partial charge in [-0.25, -0.2) is 4.98 Å². The molecule has 1 unspecified atom stereocenters. The second-order valence-corrected chi connectivity index (χ2v) is 4.77. The Kier molecular flexibility index (Phi) is 2.93. The highest BCUT2D eigenvalue weighted by atomic mass is 16.5. The third-order valence-corrected chi connectivity index (χ3v) is 3.75. The van der Waals surface area contributed by atoms with Gasteiger partial charge >= 0.3 is 0 Å². The molecule has 0 saturated carbocycles. The summed E-state index contributed by atoms with van der Waals surface area (Å²) in [6.07, 6.45) is 7.64. The minimum atomic E-state index is 0.521. The van der Waals surface area contributed by atoms with E-state index in [-0.39, 0.29) is 0 Å². The van der Waals surface area contributed by atoms with Crippen LogP contribution < -0.4 is 5.32 Å². The molecule has 88 valence electrons. The summed E-state index contributed by atoms with van der Waals surface area (Å²) >= 11 is 0. The molecular formula is C12H19N3O. The maximum absolute atomic E-state index is 5.46. The molecule has 0 aliphatic carbocycles. The third kappa shape index (κ3) is 1.87. The lowest BCUT2D eigenvalue weighted by molar-refractivity contribution is 0.185. The molecule has 3 rings (SSSR count). The van der Waals surface area contributed by atoms with Crippen LogP contribution in [0.25, 0.3) is 0 Å². The van der Waals surface area contributed by atoms with E-state index in [0.29, 0.717) is 12.0 Å². The van der Waals surface area contributed by atoms with E-state index in [0.717, 1.165) is 32.7 Å². The Morgan fingerprint density at radius 2 is 2.19 bits per heavy atom. The lowest BCUT2D eigenvalue weighted by Gasteiger charge is -2.25. The van der Waals surface area contributed by atoms with E-state index in [1.54, 1.807) is 0 Å². The summed E-state index contributed by atoms with van der Waals surface area (Å²) in [4.78, 5) is 4.33. The second-order valence-electron chi connectivity index (χ2n) is 4.77. The van der Waals surface area contributed by atoms with Crippen molar-refractivity contribution in [3.63, 3.8) is 0 Å². The Balaban J connectivity index is 1.80. The van der Waals surface area contributed by atoms with Crippen LogP contribution >= 0.6 is 0 Å². The molecule has 0 amide bonds. The highest BCUT2D eigenvalue weighted by molar-refractivity contribution is 5.09. The normalized spacial score (nSPS) is 27.4. The van der Waals surface area contributed by atoms with Crippen molar-refractivity contribution in [3.05, 3.63) is 18.2 Å². The fraction of sp³-hybridized carbons (Fsp3) is 0.750. The monoisotopic (exact) mass is 221 g/mol. The summed E-state index contributed by atoms with van der Waals surface area (Å²) in [6, 6.07) is 0.521. The topological polar surface area (TPSA) is 39.1 Å². The van der Waals surface area contributed by atoms with Crippen molar-refractivity contribution in [2.75, 3.05) is 26.3 Å². The molecule has 1 aromatic heterocycles. The number of ether oxygens (including phenoxy) is 1. The Morgan fingerprint density at radius 3 is 2.94 bits per heavy atom. The van der Waals surface area contributed by atoms with Gasteiger partial charge in [0.05, 0.1) is 19.0 Å². The predicted molar refractivity (Wildman–Crippen MR) is 61.5 cm³/mol. The van der Waals surface area contributed by atoms with Gasteiger partial charge in [0.1, 0.15) is 0 Å². The number of aromatic nitrogens is 2. The smallest absolute Gasteiger partial charge is 0.0951 e. The lowest BCUT2D eigenvalue weighted by Crippen LogP contribution is -2.28. The van der Waals surface area contributed by atoms with Crippen LogP contribution in [-0.2, 0) is 4.74 Å². The molecule has 0 spiro atoms. The summed E-state index contributed by atoms with van der Waals surface area (Å²) in [5.74, 6) is 0.685. The molecule has 16 heavy (non-hydrogen) atoms. The minimum Gasteiger partial charge on any atom is -0.379 e.